The van der Waals surface area contributed by atoms with Crippen molar-refractivity contribution in [3.8, 4) is 0 Å². The van der Waals surface area contributed by atoms with E-state index in [0.717, 1.165) is 22.1 Å². The van der Waals surface area contributed by atoms with Gasteiger partial charge in [-0.3, -0.25) is 4.90 Å². The normalized spacial score (nSPS) is 34.4. The van der Waals surface area contributed by atoms with E-state index in [1.165, 1.54) is 24.9 Å². The molecule has 0 atom stereocenters. The van der Waals surface area contributed by atoms with E-state index < -0.39 is 0 Å². The van der Waals surface area contributed by atoms with Gasteiger partial charge in [-0.2, -0.15) is 0 Å². The molecule has 82 valence electrons. The molecule has 2 bridgehead atoms. The van der Waals surface area contributed by atoms with Crippen LogP contribution < -0.4 is 0 Å². The summed E-state index contributed by atoms with van der Waals surface area (Å²) in [4.78, 5) is 2.63. The standard InChI is InChI=1S/C11H13BrClNS/c12-7-11-2-9(3-11)5-14(11)4-8-1-10(13)15-6-8/h1,6,9H,2-5,7H2. The van der Waals surface area contributed by atoms with E-state index in [-0.39, 0.29) is 0 Å². The second-order valence-electron chi connectivity index (χ2n) is 4.77. The Morgan fingerprint density at radius 3 is 3.00 bits per heavy atom. The number of thiophene rings is 1. The number of nitrogens with zero attached hydrogens (tertiary/aromatic N) is 1. The van der Waals surface area contributed by atoms with Crippen molar-refractivity contribution < 1.29 is 0 Å². The van der Waals surface area contributed by atoms with E-state index in [1.54, 1.807) is 11.3 Å². The smallest absolute Gasteiger partial charge is 0.0931 e. The van der Waals surface area contributed by atoms with Gasteiger partial charge < -0.3 is 0 Å². The minimum absolute atomic E-state index is 0.471. The number of hydrogen-bond acceptors (Lipinski definition) is 2. The monoisotopic (exact) mass is 305 g/mol. The molecule has 0 spiro atoms. The zero-order valence-electron chi connectivity index (χ0n) is 8.38. The van der Waals surface area contributed by atoms with Gasteiger partial charge in [0.05, 0.1) is 4.34 Å². The van der Waals surface area contributed by atoms with Gasteiger partial charge in [0.25, 0.3) is 0 Å². The average Bonchev–Trinajstić information content (AvgIpc) is 2.78. The fourth-order valence-corrected chi connectivity index (χ4v) is 4.69. The Bertz CT molecular complexity index is 372. The van der Waals surface area contributed by atoms with Gasteiger partial charge in [-0.25, -0.2) is 0 Å². The summed E-state index contributed by atoms with van der Waals surface area (Å²) >= 11 is 11.3. The predicted molar refractivity (Wildman–Crippen MR) is 69.0 cm³/mol. The summed E-state index contributed by atoms with van der Waals surface area (Å²) in [6, 6.07) is 2.10. The number of alkyl halides is 1. The second kappa shape index (κ2) is 3.73. The molecule has 15 heavy (non-hydrogen) atoms. The maximum atomic E-state index is 5.95. The Balaban J connectivity index is 1.74. The molecular weight excluding hydrogens is 294 g/mol. The molecule has 0 aromatic carbocycles. The first-order chi connectivity index (χ1) is 7.22. The topological polar surface area (TPSA) is 3.24 Å². The fourth-order valence-electron chi connectivity index (χ4n) is 2.98. The van der Waals surface area contributed by atoms with E-state index in [0.29, 0.717) is 5.54 Å². The third-order valence-corrected chi connectivity index (χ3v) is 5.91. The summed E-state index contributed by atoms with van der Waals surface area (Å²) in [5.41, 5.74) is 1.84. The van der Waals surface area contributed by atoms with Crippen LogP contribution in [0.3, 0.4) is 0 Å². The average molecular weight is 307 g/mol. The van der Waals surface area contributed by atoms with Crippen molar-refractivity contribution in [1.29, 1.82) is 0 Å². The van der Waals surface area contributed by atoms with Crippen LogP contribution in [0.1, 0.15) is 18.4 Å². The van der Waals surface area contributed by atoms with Gasteiger partial charge in [0, 0.05) is 24.0 Å². The van der Waals surface area contributed by atoms with E-state index >= 15 is 0 Å². The van der Waals surface area contributed by atoms with E-state index in [9.17, 15) is 0 Å². The molecule has 1 aromatic heterocycles. The maximum Gasteiger partial charge on any atom is 0.0931 e. The van der Waals surface area contributed by atoms with Gasteiger partial charge in [0.2, 0.25) is 0 Å². The van der Waals surface area contributed by atoms with Gasteiger partial charge in [-0.15, -0.1) is 11.3 Å². The molecule has 0 unspecified atom stereocenters. The molecule has 1 aromatic rings. The Labute approximate surface area is 108 Å². The summed E-state index contributed by atoms with van der Waals surface area (Å²) in [7, 11) is 0. The zero-order valence-corrected chi connectivity index (χ0v) is 11.5. The SMILES string of the molecule is Clc1cc(CN2CC3CC2(CBr)C3)cs1. The van der Waals surface area contributed by atoms with Crippen LogP contribution in [0.5, 0.6) is 0 Å². The lowest BCUT2D eigenvalue weighted by atomic mass is 9.75. The van der Waals surface area contributed by atoms with Crippen LogP contribution >= 0.6 is 38.9 Å². The van der Waals surface area contributed by atoms with Gasteiger partial charge in [-0.1, -0.05) is 27.5 Å². The highest BCUT2D eigenvalue weighted by Gasteiger charge is 2.54. The summed E-state index contributed by atoms with van der Waals surface area (Å²) in [5.74, 6) is 0.955. The second-order valence-corrected chi connectivity index (χ2v) is 6.88. The lowest BCUT2D eigenvalue weighted by Crippen LogP contribution is -2.46. The van der Waals surface area contributed by atoms with Crippen molar-refractivity contribution in [2.24, 2.45) is 5.92 Å². The molecule has 1 aliphatic carbocycles. The van der Waals surface area contributed by atoms with Crippen LogP contribution in [0.4, 0.5) is 0 Å². The van der Waals surface area contributed by atoms with Crippen molar-refractivity contribution in [3.63, 3.8) is 0 Å². The van der Waals surface area contributed by atoms with Gasteiger partial charge >= 0.3 is 0 Å². The molecule has 1 nitrogen and oxygen atoms in total. The van der Waals surface area contributed by atoms with Crippen molar-refractivity contribution in [2.75, 3.05) is 11.9 Å². The number of rotatable bonds is 3. The molecule has 0 amide bonds. The number of hydrogen-bond donors (Lipinski definition) is 0. The van der Waals surface area contributed by atoms with Gasteiger partial charge in [-0.05, 0) is 35.8 Å². The van der Waals surface area contributed by atoms with Gasteiger partial charge in [0.15, 0.2) is 0 Å². The van der Waals surface area contributed by atoms with Gasteiger partial charge in [0.1, 0.15) is 0 Å². The lowest BCUT2D eigenvalue weighted by Gasteiger charge is -2.41. The quantitative estimate of drug-likeness (QED) is 0.769. The first-order valence-corrected chi connectivity index (χ1v) is 7.64. The van der Waals surface area contributed by atoms with Crippen molar-refractivity contribution >= 4 is 38.9 Å². The Morgan fingerprint density at radius 2 is 2.40 bits per heavy atom. The summed E-state index contributed by atoms with van der Waals surface area (Å²) in [6.07, 6.45) is 2.77. The first kappa shape index (κ1) is 10.6. The molecule has 2 saturated heterocycles. The van der Waals surface area contributed by atoms with Crippen LogP contribution in [0, 0.1) is 5.92 Å². The van der Waals surface area contributed by atoms with Crippen LogP contribution in [0.15, 0.2) is 11.4 Å². The molecule has 4 heteroatoms. The Hall–Kier alpha value is 0.430. The lowest BCUT2D eigenvalue weighted by molar-refractivity contribution is 0.130. The number of fused-ring (bicyclic) bond motifs is 1. The highest BCUT2D eigenvalue weighted by molar-refractivity contribution is 9.09. The Kier molecular flexibility index (Phi) is 2.63. The third-order valence-electron chi connectivity index (χ3n) is 3.73. The van der Waals surface area contributed by atoms with Crippen molar-refractivity contribution in [1.82, 2.24) is 4.90 Å². The molecule has 3 heterocycles. The minimum Gasteiger partial charge on any atom is -0.292 e. The molecule has 0 N–H and O–H groups in total. The fraction of sp³-hybridized carbons (Fsp3) is 0.636. The molecule has 0 radical (unpaired) electrons. The molecule has 3 aliphatic rings. The number of halogens is 2. The largest absolute Gasteiger partial charge is 0.292 e. The molecule has 3 fully saturated rings. The highest BCUT2D eigenvalue weighted by Crippen LogP contribution is 2.51. The van der Waals surface area contributed by atoms with Crippen molar-refractivity contribution in [3.05, 3.63) is 21.3 Å². The predicted octanol–water partition coefficient (Wildman–Crippen LogP) is 3.76. The highest BCUT2D eigenvalue weighted by atomic mass is 79.9. The van der Waals surface area contributed by atoms with E-state index in [4.69, 9.17) is 11.6 Å². The van der Waals surface area contributed by atoms with E-state index in [2.05, 4.69) is 32.3 Å². The summed E-state index contributed by atoms with van der Waals surface area (Å²) < 4.78 is 0.907. The maximum absolute atomic E-state index is 5.95. The molecule has 1 saturated carbocycles. The molecule has 2 aliphatic heterocycles. The van der Waals surface area contributed by atoms with Crippen molar-refractivity contribution in [2.45, 2.75) is 24.9 Å². The zero-order chi connectivity index (χ0) is 10.5. The molecular formula is C11H13BrClNS. The minimum atomic E-state index is 0.471. The first-order valence-electron chi connectivity index (χ1n) is 5.26. The third kappa shape index (κ3) is 1.68. The van der Waals surface area contributed by atoms with Crippen LogP contribution in [-0.2, 0) is 6.54 Å². The van der Waals surface area contributed by atoms with Crippen LogP contribution in [-0.4, -0.2) is 22.3 Å². The summed E-state index contributed by atoms with van der Waals surface area (Å²) in [6.45, 7) is 2.35. The summed E-state index contributed by atoms with van der Waals surface area (Å²) in [5, 5.41) is 3.30. The van der Waals surface area contributed by atoms with Crippen LogP contribution in [0.25, 0.3) is 0 Å². The van der Waals surface area contributed by atoms with E-state index in [1.807, 2.05) is 0 Å². The molecule has 4 rings (SSSR count). The Morgan fingerprint density at radius 1 is 1.60 bits per heavy atom. The van der Waals surface area contributed by atoms with Crippen LogP contribution in [0.2, 0.25) is 4.34 Å².